The number of anilines is 2. The number of nitrogens with one attached hydrogen (secondary N) is 1. The largest absolute Gasteiger partial charge is 0.456 e. The van der Waals surface area contributed by atoms with E-state index in [9.17, 15) is 9.59 Å². The maximum Gasteiger partial charge on any atom is 0.266 e. The van der Waals surface area contributed by atoms with Crippen molar-refractivity contribution in [2.45, 2.75) is 4.87 Å². The molecule has 3 aromatic carbocycles. The molecule has 3 heterocycles. The fraction of sp³-hybridized carbons (Fsp3) is 0.0909. The molecule has 0 aliphatic carbocycles. The first-order chi connectivity index (χ1) is 13.7. The molecule has 6 rings (SSSR count). The first-order valence-corrected chi connectivity index (χ1v) is 9.96. The van der Waals surface area contributed by atoms with Gasteiger partial charge in [-0.25, -0.2) is 0 Å². The van der Waals surface area contributed by atoms with E-state index in [0.717, 1.165) is 27.6 Å². The normalized spacial score (nSPS) is 21.1. The summed E-state index contributed by atoms with van der Waals surface area (Å²) in [7, 11) is 0. The molecular formula is C22H14N2O3S. The standard InChI is InChI=1S/C22H14N2O3S/c25-20-12-28-22(16-6-2-3-7-17(16)23-21(22)26)24(20)13-9-10-15-14-5-1-4-8-18(14)27-19(15)11-13/h1-11H,12H2,(H,23,26)/t22-/m1/s1. The third-order valence-corrected chi connectivity index (χ3v) is 6.83. The lowest BCUT2D eigenvalue weighted by Gasteiger charge is -2.32. The van der Waals surface area contributed by atoms with Gasteiger partial charge in [0, 0.05) is 33.8 Å². The van der Waals surface area contributed by atoms with Crippen LogP contribution in [0.3, 0.4) is 0 Å². The van der Waals surface area contributed by atoms with Crippen molar-refractivity contribution < 1.29 is 14.0 Å². The van der Waals surface area contributed by atoms with Gasteiger partial charge < -0.3 is 9.73 Å². The van der Waals surface area contributed by atoms with Crippen molar-refractivity contribution in [3.63, 3.8) is 0 Å². The van der Waals surface area contributed by atoms with Gasteiger partial charge in [-0.05, 0) is 24.3 Å². The number of benzene rings is 3. The van der Waals surface area contributed by atoms with Gasteiger partial charge in [0.1, 0.15) is 11.2 Å². The first-order valence-electron chi connectivity index (χ1n) is 8.98. The van der Waals surface area contributed by atoms with E-state index in [1.165, 1.54) is 11.8 Å². The number of thioether (sulfide) groups is 1. The Hall–Kier alpha value is -3.25. The van der Waals surface area contributed by atoms with E-state index in [0.29, 0.717) is 11.3 Å². The van der Waals surface area contributed by atoms with Crippen molar-refractivity contribution >= 4 is 56.9 Å². The van der Waals surface area contributed by atoms with Gasteiger partial charge in [-0.2, -0.15) is 0 Å². The number of amides is 2. The van der Waals surface area contributed by atoms with Gasteiger partial charge in [-0.3, -0.25) is 14.5 Å². The zero-order valence-electron chi connectivity index (χ0n) is 14.6. The van der Waals surface area contributed by atoms with Crippen LogP contribution < -0.4 is 10.2 Å². The maximum atomic E-state index is 13.0. The molecule has 1 aromatic heterocycles. The number of hydrogen-bond donors (Lipinski definition) is 1. The van der Waals surface area contributed by atoms with Gasteiger partial charge in [0.25, 0.3) is 5.91 Å². The summed E-state index contributed by atoms with van der Waals surface area (Å²) in [5, 5.41) is 4.95. The van der Waals surface area contributed by atoms with Crippen LogP contribution in [-0.4, -0.2) is 17.6 Å². The van der Waals surface area contributed by atoms with Crippen LogP contribution in [0.2, 0.25) is 0 Å². The molecule has 0 bridgehead atoms. The van der Waals surface area contributed by atoms with Crippen LogP contribution in [0.1, 0.15) is 5.56 Å². The number of fused-ring (bicyclic) bond motifs is 5. The molecule has 0 unspecified atom stereocenters. The van der Waals surface area contributed by atoms with E-state index in [4.69, 9.17) is 4.42 Å². The lowest BCUT2D eigenvalue weighted by atomic mass is 10.0. The highest BCUT2D eigenvalue weighted by molar-refractivity contribution is 8.02. The van der Waals surface area contributed by atoms with Crippen LogP contribution in [0, 0.1) is 0 Å². The highest BCUT2D eigenvalue weighted by atomic mass is 32.2. The fourth-order valence-electron chi connectivity index (χ4n) is 4.23. The van der Waals surface area contributed by atoms with Gasteiger partial charge in [0.15, 0.2) is 0 Å². The molecule has 0 saturated carbocycles. The fourth-order valence-corrected chi connectivity index (χ4v) is 5.55. The zero-order valence-corrected chi connectivity index (χ0v) is 15.5. The van der Waals surface area contributed by atoms with Crippen molar-refractivity contribution in [3.05, 3.63) is 72.3 Å². The molecule has 1 N–H and O–H groups in total. The van der Waals surface area contributed by atoms with Gasteiger partial charge >= 0.3 is 0 Å². The van der Waals surface area contributed by atoms with Crippen LogP contribution in [0.25, 0.3) is 21.9 Å². The molecule has 2 aliphatic rings. The Morgan fingerprint density at radius 3 is 2.64 bits per heavy atom. The van der Waals surface area contributed by atoms with Crippen LogP contribution >= 0.6 is 11.8 Å². The smallest absolute Gasteiger partial charge is 0.266 e. The minimum atomic E-state index is -1.08. The molecule has 1 spiro atoms. The molecule has 0 radical (unpaired) electrons. The summed E-state index contributed by atoms with van der Waals surface area (Å²) in [6.45, 7) is 0. The zero-order chi connectivity index (χ0) is 18.9. The van der Waals surface area contributed by atoms with Crippen LogP contribution in [0.4, 0.5) is 11.4 Å². The number of para-hydroxylation sites is 2. The second-order valence-corrected chi connectivity index (χ2v) is 8.11. The van der Waals surface area contributed by atoms with Gasteiger partial charge in [0.2, 0.25) is 10.8 Å². The second-order valence-electron chi connectivity index (χ2n) is 6.94. The molecule has 1 atom stereocenters. The van der Waals surface area contributed by atoms with Crippen molar-refractivity contribution in [2.24, 2.45) is 0 Å². The summed E-state index contributed by atoms with van der Waals surface area (Å²) in [4.78, 5) is 26.5. The molecule has 4 aromatic rings. The molecule has 1 saturated heterocycles. The van der Waals surface area contributed by atoms with E-state index in [1.54, 1.807) is 4.90 Å². The monoisotopic (exact) mass is 386 g/mol. The Morgan fingerprint density at radius 2 is 1.71 bits per heavy atom. The summed E-state index contributed by atoms with van der Waals surface area (Å²) in [6.07, 6.45) is 0. The lowest BCUT2D eigenvalue weighted by molar-refractivity contribution is -0.122. The SMILES string of the molecule is O=C1CS[C@]2(C(=O)Nc3ccccc32)N1c1ccc2c(c1)oc1ccccc12. The van der Waals surface area contributed by atoms with E-state index >= 15 is 0 Å². The molecule has 6 heteroatoms. The lowest BCUT2D eigenvalue weighted by Crippen LogP contribution is -2.47. The summed E-state index contributed by atoms with van der Waals surface area (Å²) in [5.41, 5.74) is 3.74. The van der Waals surface area contributed by atoms with Crippen molar-refractivity contribution in [3.8, 4) is 0 Å². The molecule has 28 heavy (non-hydrogen) atoms. The number of carbonyl (C=O) groups is 2. The van der Waals surface area contributed by atoms with Crippen molar-refractivity contribution in [2.75, 3.05) is 16.0 Å². The summed E-state index contributed by atoms with van der Waals surface area (Å²) in [5.74, 6) is -0.0264. The van der Waals surface area contributed by atoms with Gasteiger partial charge in [0.05, 0.1) is 5.75 Å². The number of nitrogens with zero attached hydrogens (tertiary/aromatic N) is 1. The molecule has 136 valence electrons. The van der Waals surface area contributed by atoms with Gasteiger partial charge in [-0.1, -0.05) is 36.4 Å². The average Bonchev–Trinajstić information content (AvgIpc) is 3.34. The summed E-state index contributed by atoms with van der Waals surface area (Å²) < 4.78 is 5.99. The molecule has 2 amide bonds. The molecule has 1 fully saturated rings. The number of hydrogen-bond acceptors (Lipinski definition) is 4. The Morgan fingerprint density at radius 1 is 0.929 bits per heavy atom. The quantitative estimate of drug-likeness (QED) is 0.524. The minimum Gasteiger partial charge on any atom is -0.456 e. The maximum absolute atomic E-state index is 13.0. The predicted octanol–water partition coefficient (Wildman–Crippen LogP) is 4.47. The minimum absolute atomic E-state index is 0.0904. The van der Waals surface area contributed by atoms with Crippen molar-refractivity contribution in [1.82, 2.24) is 0 Å². The Bertz CT molecular complexity index is 1310. The van der Waals surface area contributed by atoms with Crippen LogP contribution in [-0.2, 0) is 14.5 Å². The van der Waals surface area contributed by atoms with Crippen LogP contribution in [0.5, 0.6) is 0 Å². The van der Waals surface area contributed by atoms with E-state index in [2.05, 4.69) is 5.32 Å². The average molecular weight is 386 g/mol. The van der Waals surface area contributed by atoms with Crippen LogP contribution in [0.15, 0.2) is 71.1 Å². The Labute approximate surface area is 164 Å². The second kappa shape index (κ2) is 5.39. The topological polar surface area (TPSA) is 62.6 Å². The molecular weight excluding hydrogens is 372 g/mol. The third kappa shape index (κ3) is 1.88. The van der Waals surface area contributed by atoms with E-state index in [1.807, 2.05) is 66.7 Å². The summed E-state index contributed by atoms with van der Waals surface area (Å²) in [6, 6.07) is 21.1. The highest BCUT2D eigenvalue weighted by Crippen LogP contribution is 2.53. The third-order valence-electron chi connectivity index (χ3n) is 5.44. The first kappa shape index (κ1) is 15.8. The summed E-state index contributed by atoms with van der Waals surface area (Å²) >= 11 is 1.36. The molecule has 2 aliphatic heterocycles. The Kier molecular flexibility index (Phi) is 3.04. The number of carbonyl (C=O) groups excluding carboxylic acids is 2. The highest BCUT2D eigenvalue weighted by Gasteiger charge is 2.58. The van der Waals surface area contributed by atoms with Gasteiger partial charge in [-0.15, -0.1) is 11.8 Å². The van der Waals surface area contributed by atoms with Crippen molar-refractivity contribution in [1.29, 1.82) is 0 Å². The van der Waals surface area contributed by atoms with E-state index in [-0.39, 0.29) is 17.6 Å². The number of furan rings is 1. The molecule has 5 nitrogen and oxygen atoms in total. The predicted molar refractivity (Wildman–Crippen MR) is 110 cm³/mol. The Balaban J connectivity index is 1.57. The van der Waals surface area contributed by atoms with E-state index < -0.39 is 4.87 Å². The number of rotatable bonds is 1.